The van der Waals surface area contributed by atoms with Crippen LogP contribution < -0.4 is 15.4 Å². The Morgan fingerprint density at radius 3 is 2.29 bits per heavy atom. The van der Waals surface area contributed by atoms with Gasteiger partial charge in [-0.05, 0) is 60.7 Å². The van der Waals surface area contributed by atoms with Crippen LogP contribution in [0.3, 0.4) is 0 Å². The number of amides is 3. The third-order valence-electron chi connectivity index (χ3n) is 5.03. The van der Waals surface area contributed by atoms with Gasteiger partial charge >= 0.3 is 0 Å². The fourth-order valence-corrected chi connectivity index (χ4v) is 5.36. The Labute approximate surface area is 208 Å². The monoisotopic (exact) mass is 559 g/mol. The van der Waals surface area contributed by atoms with Gasteiger partial charge < -0.3 is 5.32 Å². The lowest BCUT2D eigenvalue weighted by Crippen LogP contribution is -2.31. The summed E-state index contributed by atoms with van der Waals surface area (Å²) in [6.45, 7) is 0. The summed E-state index contributed by atoms with van der Waals surface area (Å²) < 4.78 is 23.6. The predicted molar refractivity (Wildman–Crippen MR) is 133 cm³/mol. The van der Waals surface area contributed by atoms with E-state index in [9.17, 15) is 22.8 Å². The van der Waals surface area contributed by atoms with Gasteiger partial charge in [0.2, 0.25) is 21.8 Å². The molecule has 0 aliphatic carbocycles. The van der Waals surface area contributed by atoms with Gasteiger partial charge in [0, 0.05) is 21.5 Å². The molecule has 0 radical (unpaired) electrons. The summed E-state index contributed by atoms with van der Waals surface area (Å²) in [5.41, 5.74) is 1.20. The van der Waals surface area contributed by atoms with E-state index in [1.54, 1.807) is 48.5 Å². The zero-order chi connectivity index (χ0) is 24.5. The van der Waals surface area contributed by atoms with Gasteiger partial charge in [0.05, 0.1) is 21.4 Å². The zero-order valence-electron chi connectivity index (χ0n) is 17.5. The number of hydrogen-bond donors (Lipinski definition) is 2. The molecule has 0 unspecified atom stereocenters. The molecule has 3 aromatic rings. The fourth-order valence-electron chi connectivity index (χ4n) is 3.39. The lowest BCUT2D eigenvalue weighted by molar-refractivity contribution is -0.121. The highest BCUT2D eigenvalue weighted by atomic mass is 79.9. The molecule has 1 atom stereocenters. The van der Waals surface area contributed by atoms with Crippen molar-refractivity contribution in [2.45, 2.75) is 21.5 Å². The second-order valence-corrected chi connectivity index (χ2v) is 11.1. The van der Waals surface area contributed by atoms with Crippen molar-refractivity contribution in [1.82, 2.24) is 0 Å². The smallest absolute Gasteiger partial charge is 0.256 e. The van der Waals surface area contributed by atoms with Crippen molar-refractivity contribution in [1.29, 1.82) is 0 Å². The number of rotatable bonds is 6. The lowest BCUT2D eigenvalue weighted by atomic mass is 10.2. The van der Waals surface area contributed by atoms with Crippen LogP contribution in [0.2, 0.25) is 0 Å². The first-order chi connectivity index (χ1) is 16.1. The molecule has 8 nitrogen and oxygen atoms in total. The van der Waals surface area contributed by atoms with E-state index in [2.05, 4.69) is 21.2 Å². The Morgan fingerprint density at radius 2 is 1.65 bits per heavy atom. The highest BCUT2D eigenvalue weighted by Crippen LogP contribution is 2.36. The summed E-state index contributed by atoms with van der Waals surface area (Å²) >= 11 is 4.49. The van der Waals surface area contributed by atoms with Crippen molar-refractivity contribution in [2.24, 2.45) is 5.14 Å². The second-order valence-electron chi connectivity index (χ2n) is 7.37. The standard InChI is InChI=1S/C23H18BrN3O5S2/c24-14-5-9-16(10-6-14)27-21(28)13-20(23(27)30)33-19-4-2-1-3-18(19)22(29)26-15-7-11-17(12-8-15)34(25,31)32/h1-12,20H,13H2,(H,26,29)(H2,25,31,32)/t20-/m1/s1. The fraction of sp³-hybridized carbons (Fsp3) is 0.0870. The van der Waals surface area contributed by atoms with Crippen LogP contribution in [-0.2, 0) is 19.6 Å². The highest BCUT2D eigenvalue weighted by molar-refractivity contribution is 9.10. The number of benzene rings is 3. The van der Waals surface area contributed by atoms with Crippen molar-refractivity contribution in [3.05, 3.63) is 82.8 Å². The summed E-state index contributed by atoms with van der Waals surface area (Å²) in [5, 5.41) is 7.14. The molecular formula is C23H18BrN3O5S2. The third kappa shape index (κ3) is 5.22. The predicted octanol–water partition coefficient (Wildman–Crippen LogP) is 3.77. The van der Waals surface area contributed by atoms with Gasteiger partial charge in [0.25, 0.3) is 5.91 Å². The number of anilines is 2. The molecule has 1 fully saturated rings. The minimum atomic E-state index is -3.84. The molecule has 1 aliphatic heterocycles. The molecule has 1 heterocycles. The summed E-state index contributed by atoms with van der Waals surface area (Å²) in [4.78, 5) is 40.1. The molecule has 11 heteroatoms. The van der Waals surface area contributed by atoms with Crippen LogP contribution in [0.15, 0.2) is 87.1 Å². The van der Waals surface area contributed by atoms with Crippen LogP contribution in [-0.4, -0.2) is 31.4 Å². The first kappa shape index (κ1) is 24.1. The zero-order valence-corrected chi connectivity index (χ0v) is 20.7. The molecule has 1 saturated heterocycles. The molecular weight excluding hydrogens is 542 g/mol. The van der Waals surface area contributed by atoms with Gasteiger partial charge in [-0.2, -0.15) is 0 Å². The third-order valence-corrected chi connectivity index (χ3v) is 7.75. The Bertz CT molecular complexity index is 1380. The largest absolute Gasteiger partial charge is 0.322 e. The number of nitrogens with zero attached hydrogens (tertiary/aromatic N) is 1. The first-order valence-electron chi connectivity index (χ1n) is 9.96. The maximum Gasteiger partial charge on any atom is 0.256 e. The molecule has 0 bridgehead atoms. The summed E-state index contributed by atoms with van der Waals surface area (Å²) in [6.07, 6.45) is 0.0184. The van der Waals surface area contributed by atoms with Gasteiger partial charge in [0.1, 0.15) is 0 Å². The average molecular weight is 560 g/mol. The van der Waals surface area contributed by atoms with E-state index in [0.29, 0.717) is 21.8 Å². The number of nitrogens with one attached hydrogen (secondary N) is 1. The van der Waals surface area contributed by atoms with Crippen molar-refractivity contribution >= 4 is 66.8 Å². The molecule has 174 valence electrons. The summed E-state index contributed by atoms with van der Waals surface area (Å²) in [6, 6.07) is 19.1. The van der Waals surface area contributed by atoms with Crippen LogP contribution in [0.25, 0.3) is 0 Å². The van der Waals surface area contributed by atoms with E-state index >= 15 is 0 Å². The van der Waals surface area contributed by atoms with Gasteiger partial charge in [-0.1, -0.05) is 28.1 Å². The van der Waals surface area contributed by atoms with Crippen LogP contribution >= 0.6 is 27.7 Å². The molecule has 3 N–H and O–H groups in total. The summed E-state index contributed by atoms with van der Waals surface area (Å²) in [7, 11) is -3.84. The van der Waals surface area contributed by atoms with Crippen molar-refractivity contribution in [2.75, 3.05) is 10.2 Å². The van der Waals surface area contributed by atoms with Crippen LogP contribution in [0.4, 0.5) is 11.4 Å². The minimum Gasteiger partial charge on any atom is -0.322 e. The Morgan fingerprint density at radius 1 is 1.00 bits per heavy atom. The number of primary sulfonamides is 1. The topological polar surface area (TPSA) is 127 Å². The van der Waals surface area contributed by atoms with E-state index in [4.69, 9.17) is 5.14 Å². The molecule has 3 amide bonds. The number of thioether (sulfide) groups is 1. The van der Waals surface area contributed by atoms with E-state index < -0.39 is 21.2 Å². The Hall–Kier alpha value is -2.99. The molecule has 3 aromatic carbocycles. The second kappa shape index (κ2) is 9.71. The molecule has 0 aromatic heterocycles. The number of hydrogen-bond acceptors (Lipinski definition) is 6. The van der Waals surface area contributed by atoms with E-state index in [-0.39, 0.29) is 23.1 Å². The van der Waals surface area contributed by atoms with Crippen molar-refractivity contribution < 1.29 is 22.8 Å². The number of carbonyl (C=O) groups excluding carboxylic acids is 3. The number of carbonyl (C=O) groups is 3. The van der Waals surface area contributed by atoms with E-state index in [1.165, 1.54) is 29.2 Å². The number of halogens is 1. The SMILES string of the molecule is NS(=O)(=O)c1ccc(NC(=O)c2ccccc2S[C@@H]2CC(=O)N(c3ccc(Br)cc3)C2=O)cc1. The maximum atomic E-state index is 13.0. The molecule has 1 aliphatic rings. The number of sulfonamides is 1. The number of imide groups is 1. The molecule has 0 spiro atoms. The van der Waals surface area contributed by atoms with E-state index in [1.807, 2.05) is 0 Å². The summed E-state index contributed by atoms with van der Waals surface area (Å²) in [5.74, 6) is -1.08. The van der Waals surface area contributed by atoms with Crippen molar-refractivity contribution in [3.8, 4) is 0 Å². The van der Waals surface area contributed by atoms with Gasteiger partial charge in [-0.25, -0.2) is 18.5 Å². The molecule has 4 rings (SSSR count). The normalized spacial score (nSPS) is 16.1. The van der Waals surface area contributed by atoms with Crippen molar-refractivity contribution in [3.63, 3.8) is 0 Å². The quantitative estimate of drug-likeness (QED) is 0.442. The van der Waals surface area contributed by atoms with Crippen LogP contribution in [0, 0.1) is 0 Å². The highest BCUT2D eigenvalue weighted by Gasteiger charge is 2.40. The molecule has 0 saturated carbocycles. The first-order valence-corrected chi connectivity index (χ1v) is 13.2. The van der Waals surface area contributed by atoms with Gasteiger partial charge in [0.15, 0.2) is 0 Å². The van der Waals surface area contributed by atoms with Crippen LogP contribution in [0.1, 0.15) is 16.8 Å². The Balaban J connectivity index is 1.51. The Kier molecular flexibility index (Phi) is 6.89. The number of nitrogens with two attached hydrogens (primary N) is 1. The lowest BCUT2D eigenvalue weighted by Gasteiger charge is -2.16. The van der Waals surface area contributed by atoms with Crippen LogP contribution in [0.5, 0.6) is 0 Å². The van der Waals surface area contributed by atoms with E-state index in [0.717, 1.165) is 16.2 Å². The maximum absolute atomic E-state index is 13.0. The molecule has 34 heavy (non-hydrogen) atoms. The average Bonchev–Trinajstić information content (AvgIpc) is 3.07. The van der Waals surface area contributed by atoms with Gasteiger partial charge in [-0.15, -0.1) is 11.8 Å². The minimum absolute atomic E-state index is 0.0184. The van der Waals surface area contributed by atoms with Gasteiger partial charge in [-0.3, -0.25) is 14.4 Å².